The largest absolute Gasteiger partial charge is 0.300 e. The van der Waals surface area contributed by atoms with Gasteiger partial charge in [-0.15, -0.1) is 0 Å². The molecule has 0 aromatic heterocycles. The molecule has 3 rings (SSSR count). The van der Waals surface area contributed by atoms with Crippen LogP contribution in [0, 0.1) is 40.5 Å². The molecular formula is C23H21F4NO. The van der Waals surface area contributed by atoms with Gasteiger partial charge in [-0.1, -0.05) is 0 Å². The second kappa shape index (κ2) is 9.21. The number of nitriles is 1. The number of halogens is 4. The second-order valence-corrected chi connectivity index (χ2v) is 7.61. The van der Waals surface area contributed by atoms with E-state index in [0.29, 0.717) is 30.7 Å². The molecule has 0 spiro atoms. The molecule has 0 bridgehead atoms. The lowest BCUT2D eigenvalue weighted by Gasteiger charge is -2.20. The van der Waals surface area contributed by atoms with E-state index in [-0.39, 0.29) is 29.8 Å². The van der Waals surface area contributed by atoms with Gasteiger partial charge in [-0.3, -0.25) is 4.79 Å². The van der Waals surface area contributed by atoms with Crippen LogP contribution in [0.1, 0.15) is 54.4 Å². The molecule has 1 aliphatic rings. The van der Waals surface area contributed by atoms with Gasteiger partial charge in [0, 0.05) is 18.4 Å². The van der Waals surface area contributed by atoms with Crippen molar-refractivity contribution in [3.63, 3.8) is 0 Å². The maximum Gasteiger partial charge on any atom is 0.144 e. The van der Waals surface area contributed by atoms with E-state index < -0.39 is 28.8 Å². The highest BCUT2D eigenvalue weighted by Gasteiger charge is 2.19. The Labute approximate surface area is 167 Å². The summed E-state index contributed by atoms with van der Waals surface area (Å²) in [5.41, 5.74) is 0.00446. The first-order valence-corrected chi connectivity index (χ1v) is 9.74. The minimum atomic E-state index is -0.983. The molecule has 1 aliphatic carbocycles. The zero-order valence-corrected chi connectivity index (χ0v) is 15.9. The summed E-state index contributed by atoms with van der Waals surface area (Å²) in [4.78, 5) is 11.3. The molecule has 0 unspecified atom stereocenters. The van der Waals surface area contributed by atoms with Gasteiger partial charge in [-0.2, -0.15) is 5.26 Å². The third-order valence-electron chi connectivity index (χ3n) is 5.58. The Morgan fingerprint density at radius 2 is 1.34 bits per heavy atom. The Kier molecular flexibility index (Phi) is 6.68. The molecule has 0 saturated heterocycles. The molecule has 0 amide bonds. The van der Waals surface area contributed by atoms with Crippen LogP contribution in [0.5, 0.6) is 0 Å². The predicted octanol–water partition coefficient (Wildman–Crippen LogP) is 5.59. The van der Waals surface area contributed by atoms with Crippen molar-refractivity contribution >= 4 is 5.78 Å². The van der Waals surface area contributed by atoms with Crippen molar-refractivity contribution in [2.45, 2.75) is 51.4 Å². The number of hydrogen-bond acceptors (Lipinski definition) is 2. The van der Waals surface area contributed by atoms with Crippen molar-refractivity contribution in [2.75, 3.05) is 0 Å². The van der Waals surface area contributed by atoms with Crippen LogP contribution >= 0.6 is 0 Å². The number of aryl methyl sites for hydroxylation is 2. The standard InChI is InChI=1S/C23H21F4NO/c24-20-9-15(2-1-14-3-6-17(29)7-4-14)10-21(25)18(20)8-5-16-11-22(26)19(13-28)23(27)12-16/h9-12,14H,1-8H2. The van der Waals surface area contributed by atoms with E-state index >= 15 is 0 Å². The van der Waals surface area contributed by atoms with Crippen molar-refractivity contribution in [3.8, 4) is 6.07 Å². The van der Waals surface area contributed by atoms with Crippen molar-refractivity contribution in [3.05, 3.63) is 69.8 Å². The summed E-state index contributed by atoms with van der Waals surface area (Å²) in [7, 11) is 0. The van der Waals surface area contributed by atoms with Crippen LogP contribution in [0.4, 0.5) is 17.6 Å². The Morgan fingerprint density at radius 3 is 1.90 bits per heavy atom. The Hall–Kier alpha value is -2.68. The fraction of sp³-hybridized carbons (Fsp3) is 0.391. The summed E-state index contributed by atoms with van der Waals surface area (Å²) in [5, 5.41) is 8.69. The minimum absolute atomic E-state index is 0.0445. The van der Waals surface area contributed by atoms with Crippen molar-refractivity contribution in [1.82, 2.24) is 0 Å². The van der Waals surface area contributed by atoms with Gasteiger partial charge in [0.05, 0.1) is 0 Å². The van der Waals surface area contributed by atoms with Crippen LogP contribution in [-0.2, 0) is 24.1 Å². The van der Waals surface area contributed by atoms with E-state index in [4.69, 9.17) is 5.26 Å². The molecule has 152 valence electrons. The quantitative estimate of drug-likeness (QED) is 0.590. The van der Waals surface area contributed by atoms with Crippen LogP contribution in [0.2, 0.25) is 0 Å². The van der Waals surface area contributed by atoms with Crippen LogP contribution in [-0.4, -0.2) is 5.78 Å². The average Bonchev–Trinajstić information content (AvgIpc) is 2.67. The molecule has 1 fully saturated rings. The van der Waals surface area contributed by atoms with E-state index in [2.05, 4.69) is 0 Å². The maximum atomic E-state index is 14.4. The van der Waals surface area contributed by atoms with E-state index in [9.17, 15) is 22.4 Å². The smallest absolute Gasteiger partial charge is 0.144 e. The van der Waals surface area contributed by atoms with E-state index in [0.717, 1.165) is 31.4 Å². The number of rotatable bonds is 6. The van der Waals surface area contributed by atoms with Crippen molar-refractivity contribution in [1.29, 1.82) is 5.26 Å². The number of hydrogen-bond donors (Lipinski definition) is 0. The van der Waals surface area contributed by atoms with Gasteiger partial charge in [0.1, 0.15) is 40.7 Å². The first-order chi connectivity index (χ1) is 13.9. The third-order valence-corrected chi connectivity index (χ3v) is 5.58. The van der Waals surface area contributed by atoms with Crippen molar-refractivity contribution < 1.29 is 22.4 Å². The van der Waals surface area contributed by atoms with Gasteiger partial charge in [-0.05, 0) is 79.8 Å². The third kappa shape index (κ3) is 5.23. The fourth-order valence-corrected chi connectivity index (χ4v) is 3.84. The van der Waals surface area contributed by atoms with E-state index in [1.54, 1.807) is 0 Å². The Morgan fingerprint density at radius 1 is 0.828 bits per heavy atom. The van der Waals surface area contributed by atoms with Gasteiger partial charge in [-0.25, -0.2) is 17.6 Å². The summed E-state index contributed by atoms with van der Waals surface area (Å²) < 4.78 is 56.2. The molecule has 0 radical (unpaired) electrons. The first kappa shape index (κ1) is 21.0. The van der Waals surface area contributed by atoms with Crippen LogP contribution in [0.3, 0.4) is 0 Å². The van der Waals surface area contributed by atoms with Gasteiger partial charge < -0.3 is 0 Å². The molecule has 2 aromatic carbocycles. The topological polar surface area (TPSA) is 40.9 Å². The zero-order chi connectivity index (χ0) is 21.0. The predicted molar refractivity (Wildman–Crippen MR) is 100 cm³/mol. The fourth-order valence-electron chi connectivity index (χ4n) is 3.84. The van der Waals surface area contributed by atoms with Gasteiger partial charge in [0.15, 0.2) is 0 Å². The summed E-state index contributed by atoms with van der Waals surface area (Å²) in [6.07, 6.45) is 4.16. The highest BCUT2D eigenvalue weighted by atomic mass is 19.1. The minimum Gasteiger partial charge on any atom is -0.300 e. The molecule has 2 aromatic rings. The molecule has 0 aliphatic heterocycles. The number of nitrogens with zero attached hydrogens (tertiary/aromatic N) is 1. The number of carbonyl (C=O) groups excluding carboxylic acids is 1. The van der Waals surface area contributed by atoms with Crippen LogP contribution in [0.15, 0.2) is 24.3 Å². The summed E-state index contributed by atoms with van der Waals surface area (Å²) >= 11 is 0. The summed E-state index contributed by atoms with van der Waals surface area (Å²) in [5.74, 6) is -2.63. The molecule has 1 saturated carbocycles. The molecule has 0 atom stereocenters. The second-order valence-electron chi connectivity index (χ2n) is 7.61. The van der Waals surface area contributed by atoms with Gasteiger partial charge in [0.2, 0.25) is 0 Å². The highest BCUT2D eigenvalue weighted by Crippen LogP contribution is 2.27. The maximum absolute atomic E-state index is 14.4. The number of benzene rings is 2. The Balaban J connectivity index is 1.64. The van der Waals surface area contributed by atoms with Crippen molar-refractivity contribution in [2.24, 2.45) is 5.92 Å². The van der Waals surface area contributed by atoms with Gasteiger partial charge >= 0.3 is 0 Å². The summed E-state index contributed by atoms with van der Waals surface area (Å²) in [6, 6.07) is 6.09. The lowest BCUT2D eigenvalue weighted by Crippen LogP contribution is -2.14. The molecule has 29 heavy (non-hydrogen) atoms. The van der Waals surface area contributed by atoms with Crippen LogP contribution < -0.4 is 0 Å². The molecule has 0 heterocycles. The normalized spacial score (nSPS) is 14.8. The lowest BCUT2D eigenvalue weighted by molar-refractivity contribution is -0.121. The average molecular weight is 403 g/mol. The SMILES string of the molecule is N#Cc1c(F)cc(CCc2c(F)cc(CCC3CCC(=O)CC3)cc2F)cc1F. The van der Waals surface area contributed by atoms with Gasteiger partial charge in [0.25, 0.3) is 0 Å². The highest BCUT2D eigenvalue weighted by molar-refractivity contribution is 5.79. The molecule has 2 nitrogen and oxygen atoms in total. The van der Waals surface area contributed by atoms with Crippen LogP contribution in [0.25, 0.3) is 0 Å². The summed E-state index contributed by atoms with van der Waals surface area (Å²) in [6.45, 7) is 0. The number of carbonyl (C=O) groups is 1. The zero-order valence-electron chi connectivity index (χ0n) is 15.9. The number of ketones is 1. The van der Waals surface area contributed by atoms with E-state index in [1.165, 1.54) is 18.2 Å². The number of Topliss-reactive ketones (excluding diaryl/α,β-unsaturated/α-hetero) is 1. The molecular weight excluding hydrogens is 382 g/mol. The van der Waals surface area contributed by atoms with E-state index in [1.807, 2.05) is 0 Å². The molecule has 6 heteroatoms. The molecule has 0 N–H and O–H groups in total. The first-order valence-electron chi connectivity index (χ1n) is 9.74. The Bertz CT molecular complexity index is 908. The lowest BCUT2D eigenvalue weighted by atomic mass is 9.84. The monoisotopic (exact) mass is 403 g/mol.